The molecule has 2 atom stereocenters. The monoisotopic (exact) mass is 217 g/mol. The number of nitrogens with zero attached hydrogens (tertiary/aromatic N) is 1. The van der Waals surface area contributed by atoms with Crippen LogP contribution in [-0.2, 0) is 0 Å². The van der Waals surface area contributed by atoms with Gasteiger partial charge in [0.25, 0.3) is 0 Å². The maximum atomic E-state index is 9.99. The summed E-state index contributed by atoms with van der Waals surface area (Å²) in [4.78, 5) is 0. The molecule has 0 aliphatic heterocycles. The Bertz CT molecular complexity index is 364. The van der Waals surface area contributed by atoms with Crippen LogP contribution in [0.5, 0.6) is 0 Å². The van der Waals surface area contributed by atoms with Crippen molar-refractivity contribution < 1.29 is 5.11 Å². The Morgan fingerprint density at radius 1 is 1.31 bits per heavy atom. The Balaban J connectivity index is 2.66. The molecule has 0 aliphatic carbocycles. The fraction of sp³-hybridized carbons (Fsp3) is 0.500. The van der Waals surface area contributed by atoms with Crippen LogP contribution in [0.3, 0.4) is 0 Å². The molecule has 2 unspecified atom stereocenters. The minimum Gasteiger partial charge on any atom is -0.391 e. The van der Waals surface area contributed by atoms with Crippen LogP contribution in [-0.4, -0.2) is 11.2 Å². The maximum Gasteiger partial charge on any atom is 0.0776 e. The molecule has 1 N–H and O–H groups in total. The topological polar surface area (TPSA) is 44.0 Å². The second kappa shape index (κ2) is 5.14. The second-order valence-corrected chi connectivity index (χ2v) is 4.90. The second-order valence-electron chi connectivity index (χ2n) is 4.90. The van der Waals surface area contributed by atoms with Crippen molar-refractivity contribution in [3.05, 3.63) is 35.9 Å². The summed E-state index contributed by atoms with van der Waals surface area (Å²) in [7, 11) is 0. The van der Waals surface area contributed by atoms with E-state index in [9.17, 15) is 5.11 Å². The molecule has 0 bridgehead atoms. The van der Waals surface area contributed by atoms with Gasteiger partial charge in [0.05, 0.1) is 17.6 Å². The summed E-state index contributed by atoms with van der Waals surface area (Å²) in [6.45, 7) is 5.62. The molecule has 0 saturated carbocycles. The third-order valence-electron chi connectivity index (χ3n) is 3.07. The summed E-state index contributed by atoms with van der Waals surface area (Å²) >= 11 is 0. The van der Waals surface area contributed by atoms with Crippen molar-refractivity contribution in [1.29, 1.82) is 5.26 Å². The standard InChI is InChI=1S/C14H19NO/c1-11(12-7-5-4-6-8-12)9-13(16)14(2,3)10-15/h4-8,11,13,16H,9H2,1-3H3. The molecule has 2 nitrogen and oxygen atoms in total. The lowest BCUT2D eigenvalue weighted by Gasteiger charge is -2.25. The summed E-state index contributed by atoms with van der Waals surface area (Å²) in [5.74, 6) is 0.267. The third kappa shape index (κ3) is 3.08. The fourth-order valence-corrected chi connectivity index (χ4v) is 1.62. The number of hydrogen-bond acceptors (Lipinski definition) is 2. The highest BCUT2D eigenvalue weighted by Gasteiger charge is 2.29. The van der Waals surface area contributed by atoms with Crippen molar-refractivity contribution in [1.82, 2.24) is 0 Å². The van der Waals surface area contributed by atoms with Crippen molar-refractivity contribution in [2.45, 2.75) is 39.2 Å². The molecule has 0 aromatic heterocycles. The Morgan fingerprint density at radius 3 is 2.38 bits per heavy atom. The number of benzene rings is 1. The lowest BCUT2D eigenvalue weighted by Crippen LogP contribution is -2.28. The number of aliphatic hydroxyl groups excluding tert-OH is 1. The quantitative estimate of drug-likeness (QED) is 0.842. The van der Waals surface area contributed by atoms with Gasteiger partial charge in [0, 0.05) is 0 Å². The van der Waals surface area contributed by atoms with E-state index >= 15 is 0 Å². The van der Waals surface area contributed by atoms with Gasteiger partial charge in [-0.3, -0.25) is 0 Å². The van der Waals surface area contributed by atoms with Gasteiger partial charge in [-0.2, -0.15) is 5.26 Å². The highest BCUT2D eigenvalue weighted by molar-refractivity contribution is 5.19. The van der Waals surface area contributed by atoms with E-state index in [1.54, 1.807) is 13.8 Å². The fourth-order valence-electron chi connectivity index (χ4n) is 1.62. The van der Waals surface area contributed by atoms with Crippen molar-refractivity contribution >= 4 is 0 Å². The normalized spacial score (nSPS) is 15.2. The van der Waals surface area contributed by atoms with E-state index in [1.165, 1.54) is 5.56 Å². The Labute approximate surface area is 97.5 Å². The van der Waals surface area contributed by atoms with E-state index in [0.717, 1.165) is 0 Å². The number of rotatable bonds is 4. The summed E-state index contributed by atoms with van der Waals surface area (Å²) in [6.07, 6.45) is 0.0256. The van der Waals surface area contributed by atoms with Crippen LogP contribution in [0.2, 0.25) is 0 Å². The van der Waals surface area contributed by atoms with E-state index in [0.29, 0.717) is 6.42 Å². The van der Waals surface area contributed by atoms with Crippen LogP contribution in [0.4, 0.5) is 0 Å². The first kappa shape index (κ1) is 12.7. The molecule has 0 spiro atoms. The Morgan fingerprint density at radius 2 is 1.88 bits per heavy atom. The minimum absolute atomic E-state index is 0.267. The summed E-state index contributed by atoms with van der Waals surface area (Å²) in [5, 5.41) is 18.9. The van der Waals surface area contributed by atoms with Gasteiger partial charge in [-0.25, -0.2) is 0 Å². The third-order valence-corrected chi connectivity index (χ3v) is 3.07. The number of nitriles is 1. The highest BCUT2D eigenvalue weighted by Crippen LogP contribution is 2.28. The molecule has 1 rings (SSSR count). The molecule has 0 saturated heterocycles. The zero-order chi connectivity index (χ0) is 12.2. The Hall–Kier alpha value is -1.33. The van der Waals surface area contributed by atoms with Crippen molar-refractivity contribution in [3.63, 3.8) is 0 Å². The molecule has 1 aromatic carbocycles. The van der Waals surface area contributed by atoms with Crippen LogP contribution in [0.15, 0.2) is 30.3 Å². The van der Waals surface area contributed by atoms with Gasteiger partial charge in [0.2, 0.25) is 0 Å². The van der Waals surface area contributed by atoms with E-state index in [1.807, 2.05) is 18.2 Å². The predicted molar refractivity (Wildman–Crippen MR) is 64.9 cm³/mol. The predicted octanol–water partition coefficient (Wildman–Crippen LogP) is 3.09. The largest absolute Gasteiger partial charge is 0.391 e. The van der Waals surface area contributed by atoms with E-state index in [-0.39, 0.29) is 5.92 Å². The van der Waals surface area contributed by atoms with Crippen LogP contribution >= 0.6 is 0 Å². The van der Waals surface area contributed by atoms with Gasteiger partial charge in [0.1, 0.15) is 0 Å². The van der Waals surface area contributed by atoms with Gasteiger partial charge < -0.3 is 5.11 Å². The molecule has 0 fully saturated rings. The first-order valence-electron chi connectivity index (χ1n) is 5.61. The van der Waals surface area contributed by atoms with Crippen molar-refractivity contribution in [2.75, 3.05) is 0 Å². The van der Waals surface area contributed by atoms with E-state index < -0.39 is 11.5 Å². The van der Waals surface area contributed by atoms with Crippen LogP contribution in [0.25, 0.3) is 0 Å². The minimum atomic E-state index is -0.678. The first-order valence-corrected chi connectivity index (χ1v) is 5.61. The Kier molecular flexibility index (Phi) is 4.09. The van der Waals surface area contributed by atoms with Gasteiger partial charge >= 0.3 is 0 Å². The molecule has 0 heterocycles. The molecule has 0 radical (unpaired) electrons. The molecule has 1 aromatic rings. The first-order chi connectivity index (χ1) is 7.47. The molecular formula is C14H19NO. The average molecular weight is 217 g/mol. The zero-order valence-electron chi connectivity index (χ0n) is 10.1. The lowest BCUT2D eigenvalue weighted by molar-refractivity contribution is 0.0729. The molecule has 0 aliphatic rings. The van der Waals surface area contributed by atoms with Crippen LogP contribution in [0, 0.1) is 16.7 Å². The molecule has 2 heteroatoms. The maximum absolute atomic E-state index is 9.99. The SMILES string of the molecule is CC(CC(O)C(C)(C)C#N)c1ccccc1. The summed E-state index contributed by atoms with van der Waals surface area (Å²) in [5.41, 5.74) is 0.526. The van der Waals surface area contributed by atoms with Gasteiger partial charge in [-0.05, 0) is 31.7 Å². The molecule has 16 heavy (non-hydrogen) atoms. The van der Waals surface area contributed by atoms with E-state index in [2.05, 4.69) is 25.1 Å². The number of aliphatic hydroxyl groups is 1. The van der Waals surface area contributed by atoms with Crippen molar-refractivity contribution in [2.24, 2.45) is 5.41 Å². The zero-order valence-corrected chi connectivity index (χ0v) is 10.1. The number of hydrogen-bond donors (Lipinski definition) is 1. The van der Waals surface area contributed by atoms with Gasteiger partial charge in [-0.15, -0.1) is 0 Å². The average Bonchev–Trinajstić information content (AvgIpc) is 2.30. The highest BCUT2D eigenvalue weighted by atomic mass is 16.3. The molecule has 86 valence electrons. The lowest BCUT2D eigenvalue weighted by atomic mass is 9.82. The molecular weight excluding hydrogens is 198 g/mol. The van der Waals surface area contributed by atoms with Gasteiger partial charge in [-0.1, -0.05) is 37.3 Å². The van der Waals surface area contributed by atoms with E-state index in [4.69, 9.17) is 5.26 Å². The van der Waals surface area contributed by atoms with Crippen LogP contribution in [0.1, 0.15) is 38.7 Å². The van der Waals surface area contributed by atoms with Gasteiger partial charge in [0.15, 0.2) is 0 Å². The molecule has 0 amide bonds. The smallest absolute Gasteiger partial charge is 0.0776 e. The summed E-state index contributed by atoms with van der Waals surface area (Å²) in [6, 6.07) is 12.2. The van der Waals surface area contributed by atoms with Crippen LogP contribution < -0.4 is 0 Å². The summed E-state index contributed by atoms with van der Waals surface area (Å²) < 4.78 is 0. The van der Waals surface area contributed by atoms with Crippen molar-refractivity contribution in [3.8, 4) is 6.07 Å².